The summed E-state index contributed by atoms with van der Waals surface area (Å²) in [6, 6.07) is 12.9. The molecule has 0 atom stereocenters. The summed E-state index contributed by atoms with van der Waals surface area (Å²) in [5.41, 5.74) is 0.220. The fourth-order valence-corrected chi connectivity index (χ4v) is 4.54. The van der Waals surface area contributed by atoms with Gasteiger partial charge in [-0.1, -0.05) is 35.9 Å². The molecule has 6 nitrogen and oxygen atoms in total. The van der Waals surface area contributed by atoms with Gasteiger partial charge in [-0.15, -0.1) is 0 Å². The van der Waals surface area contributed by atoms with E-state index >= 15 is 0 Å². The van der Waals surface area contributed by atoms with E-state index in [1.54, 1.807) is 6.92 Å². The van der Waals surface area contributed by atoms with Crippen LogP contribution in [-0.2, 0) is 27.2 Å². The molecule has 196 valence electrons. The summed E-state index contributed by atoms with van der Waals surface area (Å²) in [7, 11) is -4.50. The zero-order valence-electron chi connectivity index (χ0n) is 19.0. The number of amides is 1. The molecule has 1 N–H and O–H groups in total. The van der Waals surface area contributed by atoms with Gasteiger partial charge in [-0.05, 0) is 55.0 Å². The molecule has 0 spiro atoms. The maximum Gasteiger partial charge on any atom is 0.416 e. The number of nitrogens with zero attached hydrogens (tertiary/aromatic N) is 2. The monoisotopic (exact) mass is 543 g/mol. The summed E-state index contributed by atoms with van der Waals surface area (Å²) < 4.78 is 105. The molecule has 0 aliphatic rings. The summed E-state index contributed by atoms with van der Waals surface area (Å²) >= 11 is 0. The number of carbonyl (C=O) groups is 1. The van der Waals surface area contributed by atoms with Crippen LogP contribution in [0.2, 0.25) is 0 Å². The normalized spacial score (nSPS) is 12.5. The summed E-state index contributed by atoms with van der Waals surface area (Å²) in [5, 5.41) is 3.54. The lowest BCUT2D eigenvalue weighted by molar-refractivity contribution is -0.138. The van der Waals surface area contributed by atoms with Gasteiger partial charge in [0, 0.05) is 0 Å². The number of aryl methyl sites for hydroxylation is 1. The minimum absolute atomic E-state index is 0.00265. The fourth-order valence-electron chi connectivity index (χ4n) is 3.13. The topological polar surface area (TPSA) is 78.8 Å². The van der Waals surface area contributed by atoms with Crippen LogP contribution in [0.25, 0.3) is 0 Å². The Morgan fingerprint density at radius 3 is 2.05 bits per heavy atom. The van der Waals surface area contributed by atoms with E-state index in [2.05, 4.69) is 5.10 Å². The van der Waals surface area contributed by atoms with Crippen LogP contribution in [0.4, 0.5) is 32.0 Å². The third kappa shape index (κ3) is 7.09. The van der Waals surface area contributed by atoms with Gasteiger partial charge >= 0.3 is 12.4 Å². The van der Waals surface area contributed by atoms with Crippen molar-refractivity contribution in [2.24, 2.45) is 5.10 Å². The number of nitrogens with one attached hydrogen (secondary N) is 1. The van der Waals surface area contributed by atoms with Crippen LogP contribution in [0.5, 0.6) is 0 Å². The van der Waals surface area contributed by atoms with Gasteiger partial charge in [0.1, 0.15) is 6.54 Å². The number of sulfonamides is 1. The second kappa shape index (κ2) is 10.6. The van der Waals surface area contributed by atoms with Gasteiger partial charge in [0.05, 0.1) is 27.9 Å². The van der Waals surface area contributed by atoms with Crippen molar-refractivity contribution in [1.29, 1.82) is 0 Å². The number of halogens is 6. The van der Waals surface area contributed by atoms with Gasteiger partial charge in [0.25, 0.3) is 15.9 Å². The zero-order valence-corrected chi connectivity index (χ0v) is 19.8. The van der Waals surface area contributed by atoms with Crippen LogP contribution in [0, 0.1) is 6.92 Å². The molecular formula is C24H19F6N3O3S. The van der Waals surface area contributed by atoms with Crippen LogP contribution < -0.4 is 9.73 Å². The first kappa shape index (κ1) is 27.7. The molecule has 0 unspecified atom stereocenters. The van der Waals surface area contributed by atoms with Crippen LogP contribution in [-0.4, -0.2) is 27.1 Å². The van der Waals surface area contributed by atoms with Crippen molar-refractivity contribution < 1.29 is 39.6 Å². The molecule has 13 heteroatoms. The fraction of sp³-hybridized carbons (Fsp3) is 0.167. The summed E-state index contributed by atoms with van der Waals surface area (Å²) in [4.78, 5) is 12.3. The van der Waals surface area contributed by atoms with E-state index in [1.165, 1.54) is 30.3 Å². The Hall–Kier alpha value is -3.87. The van der Waals surface area contributed by atoms with Crippen molar-refractivity contribution in [2.45, 2.75) is 24.2 Å². The van der Waals surface area contributed by atoms with Gasteiger partial charge in [-0.25, -0.2) is 13.8 Å². The lowest BCUT2D eigenvalue weighted by Gasteiger charge is -2.24. The van der Waals surface area contributed by atoms with Gasteiger partial charge in [0.15, 0.2) is 0 Å². The molecule has 3 aromatic carbocycles. The third-order valence-electron chi connectivity index (χ3n) is 4.97. The number of benzene rings is 3. The van der Waals surface area contributed by atoms with Crippen molar-refractivity contribution in [3.05, 3.63) is 95.1 Å². The lowest BCUT2D eigenvalue weighted by Crippen LogP contribution is -2.39. The molecular weight excluding hydrogens is 524 g/mol. The van der Waals surface area contributed by atoms with E-state index in [9.17, 15) is 39.6 Å². The first-order valence-corrected chi connectivity index (χ1v) is 11.9. The molecule has 0 saturated carbocycles. The van der Waals surface area contributed by atoms with Gasteiger partial charge < -0.3 is 0 Å². The predicted molar refractivity (Wildman–Crippen MR) is 124 cm³/mol. The number of alkyl halides is 6. The predicted octanol–water partition coefficient (Wildman–Crippen LogP) is 5.38. The van der Waals surface area contributed by atoms with Crippen molar-refractivity contribution >= 4 is 27.8 Å². The minimum Gasteiger partial charge on any atom is -0.271 e. The standard InChI is InChI=1S/C24H19F6N3O3S/c1-16-8-10-21(11-9-16)37(35,36)33(20-7-3-6-19(13-20)24(28,29)30)15-22(34)32-31-14-17-4-2-5-18(12-17)23(25,26)27/h2-14H,15H2,1H3,(H,32,34)/b31-14-. The molecule has 1 amide bonds. The average Bonchev–Trinajstić information content (AvgIpc) is 2.82. The van der Waals surface area contributed by atoms with Crippen LogP contribution in [0.15, 0.2) is 82.8 Å². The molecule has 0 aliphatic heterocycles. The van der Waals surface area contributed by atoms with Crippen molar-refractivity contribution in [3.63, 3.8) is 0 Å². The molecule has 0 radical (unpaired) electrons. The highest BCUT2D eigenvalue weighted by Crippen LogP contribution is 2.33. The largest absolute Gasteiger partial charge is 0.416 e. The van der Waals surface area contributed by atoms with E-state index in [1.807, 2.05) is 5.43 Å². The highest BCUT2D eigenvalue weighted by Gasteiger charge is 2.33. The molecule has 3 rings (SSSR count). The Kier molecular flexibility index (Phi) is 7.96. The quantitative estimate of drug-likeness (QED) is 0.247. The molecule has 37 heavy (non-hydrogen) atoms. The van der Waals surface area contributed by atoms with E-state index in [0.717, 1.165) is 48.2 Å². The second-order valence-corrected chi connectivity index (χ2v) is 9.65. The molecule has 0 heterocycles. The minimum atomic E-state index is -4.77. The number of hydrogen-bond acceptors (Lipinski definition) is 4. The lowest BCUT2D eigenvalue weighted by atomic mass is 10.1. The van der Waals surface area contributed by atoms with Crippen molar-refractivity contribution in [3.8, 4) is 0 Å². The molecule has 3 aromatic rings. The Morgan fingerprint density at radius 1 is 0.892 bits per heavy atom. The highest BCUT2D eigenvalue weighted by molar-refractivity contribution is 7.92. The van der Waals surface area contributed by atoms with Gasteiger partial charge in [0.2, 0.25) is 0 Å². The van der Waals surface area contributed by atoms with Crippen molar-refractivity contribution in [1.82, 2.24) is 5.43 Å². The second-order valence-electron chi connectivity index (χ2n) is 7.79. The van der Waals surface area contributed by atoms with Crippen LogP contribution in [0.3, 0.4) is 0 Å². The Labute approximate surface area is 208 Å². The maximum absolute atomic E-state index is 13.3. The number of carbonyl (C=O) groups excluding carboxylic acids is 1. The zero-order chi connectivity index (χ0) is 27.4. The molecule has 0 bridgehead atoms. The number of rotatable bonds is 7. The summed E-state index contributed by atoms with van der Waals surface area (Å²) in [5.74, 6) is -1.05. The smallest absolute Gasteiger partial charge is 0.271 e. The highest BCUT2D eigenvalue weighted by atomic mass is 32.2. The van der Waals surface area contributed by atoms with E-state index in [-0.39, 0.29) is 10.5 Å². The van der Waals surface area contributed by atoms with Gasteiger partial charge in [-0.2, -0.15) is 31.4 Å². The molecule has 0 fully saturated rings. The third-order valence-corrected chi connectivity index (χ3v) is 6.76. The average molecular weight is 543 g/mol. The number of hydrazone groups is 1. The summed E-state index contributed by atoms with van der Waals surface area (Å²) in [6.45, 7) is 0.744. The Balaban J connectivity index is 1.89. The number of anilines is 1. The van der Waals surface area contributed by atoms with Crippen molar-refractivity contribution in [2.75, 3.05) is 10.8 Å². The molecule has 0 saturated heterocycles. The summed E-state index contributed by atoms with van der Waals surface area (Å²) in [6.07, 6.45) is -8.45. The van der Waals surface area contributed by atoms with Gasteiger partial charge in [-0.3, -0.25) is 9.10 Å². The van der Waals surface area contributed by atoms with Crippen LogP contribution >= 0.6 is 0 Å². The van der Waals surface area contributed by atoms with E-state index < -0.39 is 51.6 Å². The molecule has 0 aliphatic carbocycles. The Morgan fingerprint density at radius 2 is 1.46 bits per heavy atom. The number of hydrogen-bond donors (Lipinski definition) is 1. The van der Waals surface area contributed by atoms with E-state index in [4.69, 9.17) is 0 Å². The van der Waals surface area contributed by atoms with E-state index in [0.29, 0.717) is 10.4 Å². The van der Waals surface area contributed by atoms with Crippen LogP contribution in [0.1, 0.15) is 22.3 Å². The SMILES string of the molecule is Cc1ccc(S(=O)(=O)N(CC(=O)N/N=C\c2cccc(C(F)(F)F)c2)c2cccc(C(F)(F)F)c2)cc1. The maximum atomic E-state index is 13.3. The first-order valence-electron chi connectivity index (χ1n) is 10.4. The Bertz CT molecular complexity index is 1400. The molecule has 0 aromatic heterocycles. The first-order chi connectivity index (χ1) is 17.2.